The Bertz CT molecular complexity index is 713. The summed E-state index contributed by atoms with van der Waals surface area (Å²) in [7, 11) is 0. The maximum atomic E-state index is 5.97. The van der Waals surface area contributed by atoms with E-state index in [4.69, 9.17) is 10.3 Å². The van der Waals surface area contributed by atoms with E-state index in [-0.39, 0.29) is 0 Å². The molecule has 0 atom stereocenters. The third kappa shape index (κ3) is 2.39. The Morgan fingerprint density at radius 3 is 2.68 bits per heavy atom. The summed E-state index contributed by atoms with van der Waals surface area (Å²) in [6, 6.07) is 0. The summed E-state index contributed by atoms with van der Waals surface area (Å²) in [4.78, 5) is 9.60. The molecule has 2 N–H and O–H groups in total. The molecule has 0 fully saturated rings. The van der Waals surface area contributed by atoms with Gasteiger partial charge in [-0.15, -0.1) is 22.7 Å². The largest absolute Gasteiger partial charge is 0.397 e. The molecule has 0 aliphatic rings. The van der Waals surface area contributed by atoms with Crippen molar-refractivity contribution in [1.82, 2.24) is 15.1 Å². The summed E-state index contributed by atoms with van der Waals surface area (Å²) < 4.78 is 5.27. The summed E-state index contributed by atoms with van der Waals surface area (Å²) in [6.07, 6.45) is 0.581. The molecule has 5 nitrogen and oxygen atoms in total. The standard InChI is InChI=1S/C12H12N4OS2/c1-6-4-19-11(10(6)13)12-15-9(16-17-12)3-8-5-18-7(2)14-8/h4-5H,3,13H2,1-2H3. The highest BCUT2D eigenvalue weighted by Gasteiger charge is 2.15. The lowest BCUT2D eigenvalue weighted by Gasteiger charge is -1.92. The molecule has 98 valence electrons. The van der Waals surface area contributed by atoms with Crippen molar-refractivity contribution in [2.75, 3.05) is 5.73 Å². The molecule has 0 amide bonds. The second-order valence-corrected chi connectivity index (χ2v) is 6.15. The molecule has 3 aromatic heterocycles. The van der Waals surface area contributed by atoms with Crippen LogP contribution in [-0.2, 0) is 6.42 Å². The second-order valence-electron chi connectivity index (χ2n) is 4.21. The minimum atomic E-state index is 0.484. The maximum Gasteiger partial charge on any atom is 0.270 e. The molecule has 3 heterocycles. The Kier molecular flexibility index (Phi) is 3.08. The molecule has 3 aromatic rings. The van der Waals surface area contributed by atoms with E-state index in [1.54, 1.807) is 11.3 Å². The number of rotatable bonds is 3. The first kappa shape index (κ1) is 12.3. The summed E-state index contributed by atoms with van der Waals surface area (Å²) in [5, 5.41) is 9.01. The van der Waals surface area contributed by atoms with Gasteiger partial charge in [-0.05, 0) is 24.8 Å². The Morgan fingerprint density at radius 1 is 1.21 bits per heavy atom. The molecular weight excluding hydrogens is 280 g/mol. The zero-order chi connectivity index (χ0) is 13.4. The van der Waals surface area contributed by atoms with E-state index < -0.39 is 0 Å². The fourth-order valence-corrected chi connectivity index (χ4v) is 3.19. The minimum absolute atomic E-state index is 0.484. The van der Waals surface area contributed by atoms with E-state index >= 15 is 0 Å². The third-order valence-electron chi connectivity index (χ3n) is 2.69. The molecule has 0 aliphatic heterocycles. The van der Waals surface area contributed by atoms with Gasteiger partial charge in [-0.25, -0.2) is 4.98 Å². The smallest absolute Gasteiger partial charge is 0.270 e. The van der Waals surface area contributed by atoms with Gasteiger partial charge in [0.25, 0.3) is 5.89 Å². The lowest BCUT2D eigenvalue weighted by atomic mass is 10.3. The van der Waals surface area contributed by atoms with Crippen LogP contribution in [0.4, 0.5) is 5.69 Å². The second kappa shape index (κ2) is 4.75. The predicted octanol–water partition coefficient (Wildman–Crippen LogP) is 3.04. The highest BCUT2D eigenvalue weighted by atomic mass is 32.1. The van der Waals surface area contributed by atoms with Crippen LogP contribution in [0.2, 0.25) is 0 Å². The van der Waals surface area contributed by atoms with Crippen molar-refractivity contribution in [1.29, 1.82) is 0 Å². The summed E-state index contributed by atoms with van der Waals surface area (Å²) in [5.41, 5.74) is 8.68. The van der Waals surface area contributed by atoms with Crippen LogP contribution in [0.3, 0.4) is 0 Å². The SMILES string of the molecule is Cc1nc(Cc2noc(-c3scc(C)c3N)n2)cs1. The predicted molar refractivity (Wildman–Crippen MR) is 76.4 cm³/mol. The van der Waals surface area contributed by atoms with Crippen LogP contribution in [0.5, 0.6) is 0 Å². The zero-order valence-electron chi connectivity index (χ0n) is 10.5. The Hall–Kier alpha value is -1.73. The number of hydrogen-bond donors (Lipinski definition) is 1. The molecule has 3 rings (SSSR count). The van der Waals surface area contributed by atoms with Crippen molar-refractivity contribution >= 4 is 28.4 Å². The van der Waals surface area contributed by atoms with Gasteiger partial charge >= 0.3 is 0 Å². The monoisotopic (exact) mass is 292 g/mol. The first-order valence-electron chi connectivity index (χ1n) is 5.71. The van der Waals surface area contributed by atoms with Crippen LogP contribution < -0.4 is 5.73 Å². The minimum Gasteiger partial charge on any atom is -0.397 e. The van der Waals surface area contributed by atoms with E-state index in [2.05, 4.69) is 15.1 Å². The quantitative estimate of drug-likeness (QED) is 0.802. The van der Waals surface area contributed by atoms with Crippen LogP contribution in [-0.4, -0.2) is 15.1 Å². The molecule has 0 aromatic carbocycles. The van der Waals surface area contributed by atoms with Crippen molar-refractivity contribution < 1.29 is 4.52 Å². The van der Waals surface area contributed by atoms with Gasteiger partial charge in [0.15, 0.2) is 5.82 Å². The van der Waals surface area contributed by atoms with Crippen molar-refractivity contribution in [3.8, 4) is 10.8 Å². The number of hydrogen-bond acceptors (Lipinski definition) is 7. The Balaban J connectivity index is 1.85. The van der Waals surface area contributed by atoms with Crippen LogP contribution in [0, 0.1) is 13.8 Å². The normalized spacial score (nSPS) is 11.1. The molecule has 0 aliphatic carbocycles. The van der Waals surface area contributed by atoms with E-state index in [0.29, 0.717) is 23.8 Å². The van der Waals surface area contributed by atoms with E-state index in [9.17, 15) is 0 Å². The average molecular weight is 292 g/mol. The fourth-order valence-electron chi connectivity index (χ4n) is 1.69. The molecule has 0 bridgehead atoms. The van der Waals surface area contributed by atoms with Gasteiger partial charge in [0.2, 0.25) is 0 Å². The summed E-state index contributed by atoms with van der Waals surface area (Å²) in [5.74, 6) is 1.11. The van der Waals surface area contributed by atoms with Crippen LogP contribution >= 0.6 is 22.7 Å². The van der Waals surface area contributed by atoms with Crippen molar-refractivity contribution in [3.05, 3.63) is 32.8 Å². The number of nitrogens with zero attached hydrogens (tertiary/aromatic N) is 3. The molecule has 0 unspecified atom stereocenters. The zero-order valence-corrected chi connectivity index (χ0v) is 12.1. The van der Waals surface area contributed by atoms with E-state index in [1.807, 2.05) is 24.6 Å². The number of aromatic nitrogens is 3. The lowest BCUT2D eigenvalue weighted by Crippen LogP contribution is -1.91. The molecule has 0 saturated heterocycles. The topological polar surface area (TPSA) is 77.8 Å². The summed E-state index contributed by atoms with van der Waals surface area (Å²) >= 11 is 3.14. The number of aryl methyl sites for hydroxylation is 2. The number of thiazole rings is 1. The molecule has 0 radical (unpaired) electrons. The highest BCUT2D eigenvalue weighted by molar-refractivity contribution is 7.14. The van der Waals surface area contributed by atoms with Gasteiger partial charge in [-0.1, -0.05) is 5.16 Å². The first-order chi connectivity index (χ1) is 9.13. The Labute approximate surface area is 118 Å². The van der Waals surface area contributed by atoms with Gasteiger partial charge in [0.1, 0.15) is 4.88 Å². The van der Waals surface area contributed by atoms with Crippen LogP contribution in [0.25, 0.3) is 10.8 Å². The number of anilines is 1. The lowest BCUT2D eigenvalue weighted by molar-refractivity contribution is 0.424. The van der Waals surface area contributed by atoms with Crippen LogP contribution in [0.1, 0.15) is 22.1 Å². The van der Waals surface area contributed by atoms with Gasteiger partial charge in [-0.3, -0.25) is 0 Å². The number of nitrogen functional groups attached to an aromatic ring is 1. The first-order valence-corrected chi connectivity index (χ1v) is 7.47. The number of nitrogens with two attached hydrogens (primary N) is 1. The van der Waals surface area contributed by atoms with Gasteiger partial charge in [0.05, 0.1) is 22.8 Å². The molecule has 7 heteroatoms. The van der Waals surface area contributed by atoms with Gasteiger partial charge in [0, 0.05) is 5.38 Å². The van der Waals surface area contributed by atoms with Crippen molar-refractivity contribution in [2.45, 2.75) is 20.3 Å². The van der Waals surface area contributed by atoms with Crippen LogP contribution in [0.15, 0.2) is 15.3 Å². The molecule has 19 heavy (non-hydrogen) atoms. The molecule has 0 saturated carbocycles. The Morgan fingerprint density at radius 2 is 2.05 bits per heavy atom. The van der Waals surface area contributed by atoms with Gasteiger partial charge < -0.3 is 10.3 Å². The number of thiophene rings is 1. The van der Waals surface area contributed by atoms with Crippen molar-refractivity contribution in [2.24, 2.45) is 0 Å². The average Bonchev–Trinajstić information content (AvgIpc) is 3.05. The van der Waals surface area contributed by atoms with Gasteiger partial charge in [-0.2, -0.15) is 4.98 Å². The van der Waals surface area contributed by atoms with Crippen molar-refractivity contribution in [3.63, 3.8) is 0 Å². The molecular formula is C12H12N4OS2. The summed E-state index contributed by atoms with van der Waals surface area (Å²) in [6.45, 7) is 3.94. The van der Waals surface area contributed by atoms with E-state index in [0.717, 1.165) is 21.1 Å². The third-order valence-corrected chi connectivity index (χ3v) is 4.62. The van der Waals surface area contributed by atoms with E-state index in [1.165, 1.54) is 11.3 Å². The molecule has 0 spiro atoms. The fraction of sp³-hybridized carbons (Fsp3) is 0.250. The maximum absolute atomic E-state index is 5.97. The highest BCUT2D eigenvalue weighted by Crippen LogP contribution is 2.33.